The molecule has 2 atom stereocenters. The van der Waals surface area contributed by atoms with E-state index >= 15 is 0 Å². The lowest BCUT2D eigenvalue weighted by Crippen LogP contribution is -2.49. The van der Waals surface area contributed by atoms with E-state index in [2.05, 4.69) is 14.5 Å². The number of hydrogen-bond donors (Lipinski definition) is 1. The van der Waals surface area contributed by atoms with Gasteiger partial charge in [0, 0.05) is 38.8 Å². The third-order valence-electron chi connectivity index (χ3n) is 5.34. The van der Waals surface area contributed by atoms with Crippen LogP contribution in [0, 0.1) is 5.82 Å². The van der Waals surface area contributed by atoms with Crippen LogP contribution in [0.15, 0.2) is 24.3 Å². The number of nitrogens with zero attached hydrogens (tertiary/aromatic N) is 2. The molecule has 0 amide bonds. The number of sulfonamides is 1. The first-order chi connectivity index (χ1) is 12.7. The van der Waals surface area contributed by atoms with Gasteiger partial charge < -0.3 is 4.90 Å². The normalized spacial score (nSPS) is 25.5. The number of sulfone groups is 1. The number of rotatable bonds is 6. The van der Waals surface area contributed by atoms with Crippen molar-refractivity contribution in [2.24, 2.45) is 0 Å². The Morgan fingerprint density at radius 2 is 1.81 bits per heavy atom. The number of benzene rings is 1. The van der Waals surface area contributed by atoms with Gasteiger partial charge in [-0.25, -0.2) is 25.9 Å². The summed E-state index contributed by atoms with van der Waals surface area (Å²) in [6, 6.07) is 5.86. The van der Waals surface area contributed by atoms with E-state index < -0.39 is 25.1 Å². The largest absolute Gasteiger partial charge is 0.304 e. The Bertz CT molecular complexity index is 851. The SMILES string of the molecule is CN1CCN([C@H](CNS(=O)(=O)[C@H]2CCS(=O)(=O)C2)c2ccc(F)cc2)CC1. The summed E-state index contributed by atoms with van der Waals surface area (Å²) in [4.78, 5) is 4.38. The van der Waals surface area contributed by atoms with Crippen LogP contribution in [0.25, 0.3) is 0 Å². The molecule has 2 aliphatic heterocycles. The second-order valence-electron chi connectivity index (χ2n) is 7.33. The third kappa shape index (κ3) is 5.26. The highest BCUT2D eigenvalue weighted by molar-refractivity contribution is 7.95. The standard InChI is InChI=1S/C17H26FN3O4S2/c1-20-7-9-21(10-8-20)17(14-2-4-15(18)5-3-14)12-19-27(24,25)16-6-11-26(22,23)13-16/h2-5,16-17,19H,6-13H2,1H3/t16-,17+/m0/s1. The summed E-state index contributed by atoms with van der Waals surface area (Å²) in [6.07, 6.45) is 0.132. The van der Waals surface area contributed by atoms with Gasteiger partial charge in [0.05, 0.1) is 16.8 Å². The molecule has 2 saturated heterocycles. The second kappa shape index (κ2) is 8.12. The number of nitrogens with one attached hydrogen (secondary N) is 1. The van der Waals surface area contributed by atoms with Crippen molar-refractivity contribution in [1.82, 2.24) is 14.5 Å². The molecule has 1 aromatic rings. The van der Waals surface area contributed by atoms with Crippen LogP contribution in [0.4, 0.5) is 4.39 Å². The van der Waals surface area contributed by atoms with Crippen LogP contribution in [0.2, 0.25) is 0 Å². The van der Waals surface area contributed by atoms with E-state index in [0.717, 1.165) is 31.7 Å². The fraction of sp³-hybridized carbons (Fsp3) is 0.647. The second-order valence-corrected chi connectivity index (χ2v) is 11.6. The van der Waals surface area contributed by atoms with Gasteiger partial charge in [0.1, 0.15) is 5.82 Å². The van der Waals surface area contributed by atoms with Crippen LogP contribution in [0.3, 0.4) is 0 Å². The monoisotopic (exact) mass is 419 g/mol. The zero-order valence-corrected chi connectivity index (χ0v) is 17.0. The number of piperazine rings is 1. The van der Waals surface area contributed by atoms with Crippen molar-refractivity contribution < 1.29 is 21.2 Å². The summed E-state index contributed by atoms with van der Waals surface area (Å²) in [5, 5.41) is -0.899. The van der Waals surface area contributed by atoms with Gasteiger partial charge in [0.15, 0.2) is 9.84 Å². The van der Waals surface area contributed by atoms with Crippen LogP contribution >= 0.6 is 0 Å². The zero-order valence-electron chi connectivity index (χ0n) is 15.3. The number of halogens is 1. The summed E-state index contributed by atoms with van der Waals surface area (Å²) in [7, 11) is -4.97. The molecule has 0 aliphatic carbocycles. The van der Waals surface area contributed by atoms with Crippen LogP contribution in [-0.4, -0.2) is 83.2 Å². The first-order valence-electron chi connectivity index (χ1n) is 9.03. The average molecular weight is 420 g/mol. The van der Waals surface area contributed by atoms with Gasteiger partial charge >= 0.3 is 0 Å². The minimum absolute atomic E-state index is 0.0849. The molecule has 7 nitrogen and oxygen atoms in total. The van der Waals surface area contributed by atoms with Crippen LogP contribution < -0.4 is 4.72 Å². The minimum Gasteiger partial charge on any atom is -0.304 e. The molecule has 0 radical (unpaired) electrons. The van der Waals surface area contributed by atoms with Crippen molar-refractivity contribution in [2.75, 3.05) is 51.3 Å². The maximum absolute atomic E-state index is 13.3. The highest BCUT2D eigenvalue weighted by Crippen LogP contribution is 2.24. The first kappa shape index (κ1) is 20.7. The summed E-state index contributed by atoms with van der Waals surface area (Å²) in [5.74, 6) is -0.746. The number of likely N-dealkylation sites (N-methyl/N-ethyl adjacent to an activating group) is 1. The van der Waals surface area contributed by atoms with Gasteiger partial charge in [-0.05, 0) is 31.2 Å². The molecule has 27 heavy (non-hydrogen) atoms. The number of hydrogen-bond acceptors (Lipinski definition) is 6. The molecule has 0 spiro atoms. The highest BCUT2D eigenvalue weighted by Gasteiger charge is 2.37. The molecule has 1 aromatic carbocycles. The lowest BCUT2D eigenvalue weighted by molar-refractivity contribution is 0.113. The Balaban J connectivity index is 1.74. The van der Waals surface area contributed by atoms with Crippen LogP contribution in [0.1, 0.15) is 18.0 Å². The topological polar surface area (TPSA) is 86.8 Å². The molecule has 1 N–H and O–H groups in total. The predicted octanol–water partition coefficient (Wildman–Crippen LogP) is 0.221. The van der Waals surface area contributed by atoms with E-state index in [9.17, 15) is 21.2 Å². The van der Waals surface area contributed by atoms with Crippen LogP contribution in [-0.2, 0) is 19.9 Å². The van der Waals surface area contributed by atoms with Gasteiger partial charge in [0.25, 0.3) is 0 Å². The smallest absolute Gasteiger partial charge is 0.215 e. The van der Waals surface area contributed by atoms with E-state index in [1.54, 1.807) is 12.1 Å². The van der Waals surface area contributed by atoms with E-state index in [0.29, 0.717) is 0 Å². The fourth-order valence-electron chi connectivity index (χ4n) is 3.59. The lowest BCUT2D eigenvalue weighted by atomic mass is 10.0. The first-order valence-corrected chi connectivity index (χ1v) is 12.4. The molecule has 0 saturated carbocycles. The molecule has 0 bridgehead atoms. The molecule has 3 rings (SSSR count). The van der Waals surface area contributed by atoms with Crippen molar-refractivity contribution in [1.29, 1.82) is 0 Å². The van der Waals surface area contributed by atoms with E-state index in [1.165, 1.54) is 12.1 Å². The van der Waals surface area contributed by atoms with Gasteiger partial charge in [0.2, 0.25) is 10.0 Å². The van der Waals surface area contributed by atoms with Crippen molar-refractivity contribution in [3.63, 3.8) is 0 Å². The molecule has 2 fully saturated rings. The van der Waals surface area contributed by atoms with Gasteiger partial charge in [-0.1, -0.05) is 12.1 Å². The fourth-order valence-corrected chi connectivity index (χ4v) is 7.68. The highest BCUT2D eigenvalue weighted by atomic mass is 32.2. The van der Waals surface area contributed by atoms with Gasteiger partial charge in [-0.15, -0.1) is 0 Å². The maximum Gasteiger partial charge on any atom is 0.215 e. The molecule has 0 aromatic heterocycles. The summed E-state index contributed by atoms with van der Waals surface area (Å²) in [6.45, 7) is 3.42. The van der Waals surface area contributed by atoms with E-state index in [4.69, 9.17) is 0 Å². The minimum atomic E-state index is -3.73. The van der Waals surface area contributed by atoms with E-state index in [1.807, 2.05) is 7.05 Å². The Morgan fingerprint density at radius 3 is 2.37 bits per heavy atom. The van der Waals surface area contributed by atoms with E-state index in [-0.39, 0.29) is 36.3 Å². The predicted molar refractivity (Wildman–Crippen MR) is 102 cm³/mol. The lowest BCUT2D eigenvalue weighted by Gasteiger charge is -2.38. The van der Waals surface area contributed by atoms with Crippen molar-refractivity contribution in [3.8, 4) is 0 Å². The van der Waals surface area contributed by atoms with Crippen molar-refractivity contribution >= 4 is 19.9 Å². The van der Waals surface area contributed by atoms with Gasteiger partial charge in [-0.2, -0.15) is 0 Å². The average Bonchev–Trinajstić information content (AvgIpc) is 2.99. The summed E-state index contributed by atoms with van der Waals surface area (Å²) < 4.78 is 64.3. The quantitative estimate of drug-likeness (QED) is 0.710. The van der Waals surface area contributed by atoms with Crippen LogP contribution in [0.5, 0.6) is 0 Å². The third-order valence-corrected chi connectivity index (χ3v) is 9.17. The zero-order chi connectivity index (χ0) is 19.7. The molecule has 2 heterocycles. The van der Waals surface area contributed by atoms with Gasteiger partial charge in [-0.3, -0.25) is 4.90 Å². The van der Waals surface area contributed by atoms with Crippen molar-refractivity contribution in [2.45, 2.75) is 17.7 Å². The molecule has 2 aliphatic rings. The molecule has 0 unspecified atom stereocenters. The maximum atomic E-state index is 13.3. The molecular formula is C17H26FN3O4S2. The van der Waals surface area contributed by atoms with Crippen molar-refractivity contribution in [3.05, 3.63) is 35.6 Å². The molecular weight excluding hydrogens is 393 g/mol. The summed E-state index contributed by atoms with van der Waals surface area (Å²) in [5.41, 5.74) is 0.836. The summed E-state index contributed by atoms with van der Waals surface area (Å²) >= 11 is 0. The Morgan fingerprint density at radius 1 is 1.19 bits per heavy atom. The Labute approximate surface area is 160 Å². The molecule has 10 heteroatoms. The Hall–Kier alpha value is -1.07. The Kier molecular flexibility index (Phi) is 6.21. The molecule has 152 valence electrons.